The van der Waals surface area contributed by atoms with Crippen LogP contribution in [0.15, 0.2) is 208 Å². The number of nitrogens with zero attached hydrogens (tertiary/aromatic N) is 1. The minimum Gasteiger partial charge on any atom is -0.456 e. The Bertz CT molecular complexity index is 4400. The highest BCUT2D eigenvalue weighted by Gasteiger charge is 2.46. The molecular formula is C75H61NO2S2. The highest BCUT2D eigenvalue weighted by Crippen LogP contribution is 2.63. The molecule has 0 N–H and O–H groups in total. The van der Waals surface area contributed by atoms with E-state index in [0.29, 0.717) is 0 Å². The van der Waals surface area contributed by atoms with Crippen LogP contribution in [0.25, 0.3) is 44.5 Å². The molecule has 0 saturated carbocycles. The molecular weight excluding hydrogens is 1010 g/mol. The minimum absolute atomic E-state index is 0.129. The standard InChI is InChI=1S/C75H61NO2S2/c1-71(2)50-20-12-11-18-47(50)64-52(71)34-37-57-69(64)78-67-46(19-17-22-55(67)75(57,9)10)42-26-28-43(29-27-42)76(45-31-33-49-59(41-45)74(7,8)54-38-39-63-70(66(49)54)80-62-25-16-15-24-61(62)79-63)44-30-32-48-58(40-44)73(5,6)53-35-36-56-68(65(48)53)77-60-23-14-13-21-51(60)72(56,3)4/h11-41H,1-10H3. The van der Waals surface area contributed by atoms with E-state index in [1.807, 2.05) is 23.5 Å². The van der Waals surface area contributed by atoms with Crippen molar-refractivity contribution in [3.63, 3.8) is 0 Å². The summed E-state index contributed by atoms with van der Waals surface area (Å²) in [5, 5.41) is 0. The van der Waals surface area contributed by atoms with Gasteiger partial charge in [-0.25, -0.2) is 0 Å². The van der Waals surface area contributed by atoms with E-state index in [0.717, 1.165) is 51.2 Å². The molecule has 0 bridgehead atoms. The van der Waals surface area contributed by atoms with Crippen molar-refractivity contribution in [1.29, 1.82) is 0 Å². The van der Waals surface area contributed by atoms with Crippen LogP contribution in [-0.2, 0) is 27.1 Å². The van der Waals surface area contributed by atoms with Crippen LogP contribution in [-0.4, -0.2) is 0 Å². The lowest BCUT2D eigenvalue weighted by Gasteiger charge is -2.37. The van der Waals surface area contributed by atoms with Crippen LogP contribution >= 0.6 is 23.5 Å². The zero-order chi connectivity index (χ0) is 54.6. The number of anilines is 3. The van der Waals surface area contributed by atoms with Gasteiger partial charge in [0.25, 0.3) is 0 Å². The van der Waals surface area contributed by atoms with Gasteiger partial charge in [-0.15, -0.1) is 0 Å². The zero-order valence-corrected chi connectivity index (χ0v) is 48.6. The molecule has 6 aliphatic rings. The van der Waals surface area contributed by atoms with E-state index in [9.17, 15) is 0 Å². The van der Waals surface area contributed by atoms with Gasteiger partial charge in [-0.05, 0) is 116 Å². The van der Waals surface area contributed by atoms with E-state index in [1.54, 1.807) is 0 Å². The van der Waals surface area contributed by atoms with Crippen LogP contribution in [0.2, 0.25) is 0 Å². The fraction of sp³-hybridized carbons (Fsp3) is 0.200. The molecule has 5 heteroatoms. The number of para-hydroxylation sites is 2. The summed E-state index contributed by atoms with van der Waals surface area (Å²) < 4.78 is 14.4. The topological polar surface area (TPSA) is 21.7 Å². The Balaban J connectivity index is 0.840. The van der Waals surface area contributed by atoms with Crippen LogP contribution < -0.4 is 14.4 Å². The Labute approximate surface area is 479 Å². The van der Waals surface area contributed by atoms with Crippen molar-refractivity contribution in [2.45, 2.75) is 116 Å². The molecule has 3 nitrogen and oxygen atoms in total. The van der Waals surface area contributed by atoms with Crippen LogP contribution in [0, 0.1) is 0 Å². The molecule has 0 unspecified atom stereocenters. The maximum Gasteiger partial charge on any atom is 0.139 e. The monoisotopic (exact) mass is 1070 g/mol. The number of fused-ring (bicyclic) bond motifs is 18. The second-order valence-electron chi connectivity index (χ2n) is 25.6. The summed E-state index contributed by atoms with van der Waals surface area (Å²) in [5.74, 6) is 3.85. The van der Waals surface area contributed by atoms with Gasteiger partial charge in [0.1, 0.15) is 23.0 Å². The quantitative estimate of drug-likeness (QED) is 0.175. The second-order valence-corrected chi connectivity index (χ2v) is 27.7. The van der Waals surface area contributed by atoms with Crippen molar-refractivity contribution in [3.05, 3.63) is 244 Å². The molecule has 0 amide bonds. The highest BCUT2D eigenvalue weighted by molar-refractivity contribution is 8.05. The normalized spacial score (nSPS) is 17.2. The third-order valence-electron chi connectivity index (χ3n) is 19.5. The molecule has 0 saturated heterocycles. The molecule has 16 rings (SSSR count). The predicted octanol–water partition coefficient (Wildman–Crippen LogP) is 21.2. The lowest BCUT2D eigenvalue weighted by Crippen LogP contribution is -2.25. The van der Waals surface area contributed by atoms with Crippen LogP contribution in [0.5, 0.6) is 23.0 Å². The van der Waals surface area contributed by atoms with Gasteiger partial charge in [-0.1, -0.05) is 220 Å². The summed E-state index contributed by atoms with van der Waals surface area (Å²) in [5.41, 5.74) is 24.9. The summed E-state index contributed by atoms with van der Waals surface area (Å²) in [7, 11) is 0. The predicted molar refractivity (Wildman–Crippen MR) is 331 cm³/mol. The molecule has 0 fully saturated rings. The van der Waals surface area contributed by atoms with Gasteiger partial charge in [-0.2, -0.15) is 0 Å². The summed E-state index contributed by atoms with van der Waals surface area (Å²) in [6.45, 7) is 23.7. The van der Waals surface area contributed by atoms with Gasteiger partial charge in [-0.3, -0.25) is 0 Å². The van der Waals surface area contributed by atoms with Crippen LogP contribution in [0.4, 0.5) is 17.1 Å². The Morgan fingerprint density at radius 3 is 1.43 bits per heavy atom. The molecule has 0 radical (unpaired) electrons. The third-order valence-corrected chi connectivity index (χ3v) is 22.1. The summed E-state index contributed by atoms with van der Waals surface area (Å²) in [6, 6.07) is 70.8. The molecule has 80 heavy (non-hydrogen) atoms. The van der Waals surface area contributed by atoms with Gasteiger partial charge < -0.3 is 14.4 Å². The van der Waals surface area contributed by atoms with Gasteiger partial charge >= 0.3 is 0 Å². The minimum atomic E-state index is -0.290. The number of hydrogen-bond acceptors (Lipinski definition) is 5. The zero-order valence-electron chi connectivity index (χ0n) is 47.0. The van der Waals surface area contributed by atoms with E-state index in [1.165, 1.54) is 109 Å². The van der Waals surface area contributed by atoms with E-state index >= 15 is 0 Å². The van der Waals surface area contributed by atoms with Crippen molar-refractivity contribution >= 4 is 40.6 Å². The molecule has 10 aromatic rings. The summed E-state index contributed by atoms with van der Waals surface area (Å²) in [4.78, 5) is 7.84. The maximum absolute atomic E-state index is 7.38. The Morgan fingerprint density at radius 1 is 0.300 bits per heavy atom. The lowest BCUT2D eigenvalue weighted by molar-refractivity contribution is 0.419. The van der Waals surface area contributed by atoms with Gasteiger partial charge in [0.15, 0.2) is 0 Å². The molecule has 3 heterocycles. The average Bonchev–Trinajstić information content (AvgIpc) is 4.16. The first-order valence-electron chi connectivity index (χ1n) is 28.3. The fourth-order valence-corrected chi connectivity index (χ4v) is 17.4. The fourth-order valence-electron chi connectivity index (χ4n) is 15.0. The van der Waals surface area contributed by atoms with E-state index in [2.05, 4.69) is 262 Å². The van der Waals surface area contributed by atoms with Gasteiger partial charge in [0.2, 0.25) is 0 Å². The van der Waals surface area contributed by atoms with Crippen LogP contribution in [0.1, 0.15) is 125 Å². The van der Waals surface area contributed by atoms with E-state index in [4.69, 9.17) is 9.47 Å². The van der Waals surface area contributed by atoms with E-state index < -0.39 is 0 Å². The number of hydrogen-bond donors (Lipinski definition) is 0. The molecule has 390 valence electrons. The molecule has 10 aromatic carbocycles. The molecule has 3 aliphatic carbocycles. The third kappa shape index (κ3) is 6.37. The van der Waals surface area contributed by atoms with Crippen molar-refractivity contribution in [3.8, 4) is 67.5 Å². The van der Waals surface area contributed by atoms with E-state index in [-0.39, 0.29) is 27.1 Å². The first kappa shape index (κ1) is 48.2. The summed E-state index contributed by atoms with van der Waals surface area (Å²) >= 11 is 3.82. The van der Waals surface area contributed by atoms with Gasteiger partial charge in [0, 0.05) is 108 Å². The molecule has 0 atom stereocenters. The SMILES string of the molecule is CC1(C)c2ccccc2Oc2c1ccc1c2-c2ccc(N(c3ccc(-c4cccc5c4Oc4c(ccc6c4-c4ccccc4C6(C)C)C5(C)C)cc3)c3ccc4c(c3)C(C)(C)c3ccc5c(c3-4)Sc3ccccc3S5)cc2C1(C)C. The highest BCUT2D eigenvalue weighted by atomic mass is 32.2. The average molecular weight is 1070 g/mol. The van der Waals surface area contributed by atoms with Crippen molar-refractivity contribution in [2.75, 3.05) is 4.90 Å². The molecule has 3 aliphatic heterocycles. The Kier molecular flexibility index (Phi) is 9.79. The number of benzene rings is 10. The summed E-state index contributed by atoms with van der Waals surface area (Å²) in [6.07, 6.45) is 0. The Hall–Kier alpha value is -7.70. The first-order valence-corrected chi connectivity index (χ1v) is 29.9. The smallest absolute Gasteiger partial charge is 0.139 e. The number of ether oxygens (including phenoxy) is 2. The van der Waals surface area contributed by atoms with Crippen LogP contribution in [0.3, 0.4) is 0 Å². The lowest BCUT2D eigenvalue weighted by atomic mass is 9.73. The maximum atomic E-state index is 7.38. The molecule has 0 aromatic heterocycles. The molecule has 0 spiro atoms. The largest absolute Gasteiger partial charge is 0.456 e. The number of rotatable bonds is 4. The van der Waals surface area contributed by atoms with Gasteiger partial charge in [0.05, 0.1) is 0 Å². The first-order chi connectivity index (χ1) is 38.4. The second kappa shape index (κ2) is 16.2. The van der Waals surface area contributed by atoms with Crippen molar-refractivity contribution < 1.29 is 9.47 Å². The van der Waals surface area contributed by atoms with Crippen molar-refractivity contribution in [2.24, 2.45) is 0 Å². The van der Waals surface area contributed by atoms with Crippen molar-refractivity contribution in [1.82, 2.24) is 0 Å². The Morgan fingerprint density at radius 2 is 0.750 bits per heavy atom.